The average molecular weight is 433 g/mol. The summed E-state index contributed by atoms with van der Waals surface area (Å²) in [5, 5.41) is 2.52. The molecule has 0 unspecified atom stereocenters. The van der Waals surface area contributed by atoms with Crippen LogP contribution >= 0.6 is 15.9 Å². The summed E-state index contributed by atoms with van der Waals surface area (Å²) in [6.07, 6.45) is -0.537. The van der Waals surface area contributed by atoms with E-state index in [1.165, 1.54) is 17.0 Å². The molecule has 2 aromatic rings. The summed E-state index contributed by atoms with van der Waals surface area (Å²) in [5.41, 5.74) is 0.942. The summed E-state index contributed by atoms with van der Waals surface area (Å²) in [6.45, 7) is 0. The number of anilines is 1. The van der Waals surface area contributed by atoms with E-state index in [2.05, 4.69) is 21.2 Å². The molecule has 0 saturated carbocycles. The van der Waals surface area contributed by atoms with Crippen molar-refractivity contribution in [2.45, 2.75) is 25.1 Å². The summed E-state index contributed by atoms with van der Waals surface area (Å²) >= 11 is 3.16. The zero-order valence-electron chi connectivity index (χ0n) is 13.9. The highest BCUT2D eigenvalue weighted by atomic mass is 79.9. The van der Waals surface area contributed by atoms with Crippen molar-refractivity contribution in [3.05, 3.63) is 63.9 Å². The first-order valence-electron chi connectivity index (χ1n) is 8.32. The van der Waals surface area contributed by atoms with Crippen molar-refractivity contribution in [1.29, 1.82) is 0 Å². The van der Waals surface area contributed by atoms with Crippen LogP contribution in [-0.2, 0) is 14.3 Å². The highest BCUT2D eigenvalue weighted by molar-refractivity contribution is 9.10. The Balaban J connectivity index is 1.60. The summed E-state index contributed by atoms with van der Waals surface area (Å²) in [5.74, 6) is -1.94. The maximum atomic E-state index is 14.0. The Labute approximate surface area is 162 Å². The zero-order valence-corrected chi connectivity index (χ0v) is 15.5. The fourth-order valence-corrected chi connectivity index (χ4v) is 3.73. The Hall–Kier alpha value is -2.74. The maximum absolute atomic E-state index is 14.0. The molecule has 6 nitrogen and oxygen atoms in total. The van der Waals surface area contributed by atoms with Crippen molar-refractivity contribution < 1.29 is 23.5 Å². The molecule has 1 fully saturated rings. The van der Waals surface area contributed by atoms with Gasteiger partial charge < -0.3 is 10.1 Å². The molecular formula is C19H14BrFN2O4. The van der Waals surface area contributed by atoms with Crippen LogP contribution in [0.25, 0.3) is 0 Å². The quantitative estimate of drug-likeness (QED) is 0.754. The van der Waals surface area contributed by atoms with Crippen LogP contribution in [0, 0.1) is 5.82 Å². The van der Waals surface area contributed by atoms with Gasteiger partial charge in [-0.3, -0.25) is 14.5 Å². The van der Waals surface area contributed by atoms with Crippen LogP contribution in [-0.4, -0.2) is 28.7 Å². The van der Waals surface area contributed by atoms with Gasteiger partial charge in [-0.25, -0.2) is 9.18 Å². The van der Waals surface area contributed by atoms with Gasteiger partial charge in [0.2, 0.25) is 18.0 Å². The van der Waals surface area contributed by atoms with Crippen molar-refractivity contribution in [1.82, 2.24) is 4.90 Å². The van der Waals surface area contributed by atoms with Gasteiger partial charge >= 0.3 is 5.97 Å². The first-order valence-corrected chi connectivity index (χ1v) is 9.12. The first-order chi connectivity index (χ1) is 13.0. The summed E-state index contributed by atoms with van der Waals surface area (Å²) in [4.78, 5) is 38.5. The summed E-state index contributed by atoms with van der Waals surface area (Å²) < 4.78 is 19.9. The highest BCUT2D eigenvalue weighted by Crippen LogP contribution is 2.38. The maximum Gasteiger partial charge on any atom is 0.340 e. The van der Waals surface area contributed by atoms with Gasteiger partial charge in [-0.2, -0.15) is 0 Å². The molecule has 138 valence electrons. The van der Waals surface area contributed by atoms with Gasteiger partial charge in [0.1, 0.15) is 11.9 Å². The van der Waals surface area contributed by atoms with E-state index in [4.69, 9.17) is 4.74 Å². The second-order valence-electron chi connectivity index (χ2n) is 6.31. The fraction of sp³-hybridized carbons (Fsp3) is 0.211. The van der Waals surface area contributed by atoms with Crippen molar-refractivity contribution in [3.63, 3.8) is 0 Å². The SMILES string of the molecule is O=C1O[C@H](N2C(=O)CC[C@H]2C(=O)Nc2ccc(Br)cc2F)c2ccccc21. The number of hydrogen-bond donors (Lipinski definition) is 1. The molecule has 0 radical (unpaired) electrons. The third kappa shape index (κ3) is 3.10. The molecule has 2 aliphatic heterocycles. The first kappa shape index (κ1) is 17.7. The standard InChI is InChI=1S/C19H14BrFN2O4/c20-10-5-6-14(13(21)9-10)22-17(25)15-7-8-16(24)23(15)18-11-3-1-2-4-12(11)19(26)27-18/h1-6,9,15,18H,7-8H2,(H,22,25)/t15-,18-/m0/s1. The molecule has 0 aliphatic carbocycles. The Kier molecular flexibility index (Phi) is 4.43. The number of esters is 1. The molecule has 2 heterocycles. The molecule has 1 saturated heterocycles. The molecule has 1 N–H and O–H groups in total. The molecule has 2 aliphatic rings. The van der Waals surface area contributed by atoms with E-state index in [9.17, 15) is 18.8 Å². The van der Waals surface area contributed by atoms with Crippen LogP contribution in [0.4, 0.5) is 10.1 Å². The Bertz CT molecular complexity index is 964. The van der Waals surface area contributed by atoms with E-state index in [-0.39, 0.29) is 24.4 Å². The lowest BCUT2D eigenvalue weighted by molar-refractivity contribution is -0.144. The Morgan fingerprint density at radius 1 is 1.22 bits per heavy atom. The van der Waals surface area contributed by atoms with E-state index in [1.807, 2.05) is 0 Å². The normalized spacial score (nSPS) is 21.2. The highest BCUT2D eigenvalue weighted by Gasteiger charge is 2.46. The van der Waals surface area contributed by atoms with Crippen LogP contribution in [0.1, 0.15) is 35.0 Å². The van der Waals surface area contributed by atoms with Crippen LogP contribution in [0.2, 0.25) is 0 Å². The van der Waals surface area contributed by atoms with Gasteiger partial charge in [0.25, 0.3) is 0 Å². The topological polar surface area (TPSA) is 75.7 Å². The smallest absolute Gasteiger partial charge is 0.340 e. The van der Waals surface area contributed by atoms with Crippen LogP contribution in [0.15, 0.2) is 46.9 Å². The molecule has 0 bridgehead atoms. The lowest BCUT2D eigenvalue weighted by atomic mass is 10.1. The fourth-order valence-electron chi connectivity index (χ4n) is 3.39. The van der Waals surface area contributed by atoms with Gasteiger partial charge in [-0.1, -0.05) is 34.1 Å². The monoisotopic (exact) mass is 432 g/mol. The molecule has 2 amide bonds. The molecular weight excluding hydrogens is 419 g/mol. The molecule has 0 aromatic heterocycles. The van der Waals surface area contributed by atoms with Gasteiger partial charge in [-0.05, 0) is 30.7 Å². The van der Waals surface area contributed by atoms with E-state index >= 15 is 0 Å². The number of amides is 2. The van der Waals surface area contributed by atoms with Crippen molar-refractivity contribution in [3.8, 4) is 0 Å². The number of likely N-dealkylation sites (tertiary alicyclic amines) is 1. The number of nitrogens with zero attached hydrogens (tertiary/aromatic N) is 1. The van der Waals surface area contributed by atoms with Crippen molar-refractivity contribution in [2.24, 2.45) is 0 Å². The minimum Gasteiger partial charge on any atom is -0.433 e. The van der Waals surface area contributed by atoms with Crippen LogP contribution in [0.5, 0.6) is 0 Å². The Morgan fingerprint density at radius 2 is 2.00 bits per heavy atom. The predicted octanol–water partition coefficient (Wildman–Crippen LogP) is 3.39. The number of nitrogens with one attached hydrogen (secondary N) is 1. The number of rotatable bonds is 3. The van der Waals surface area contributed by atoms with Gasteiger partial charge in [0.15, 0.2) is 0 Å². The second kappa shape index (κ2) is 6.77. The number of fused-ring (bicyclic) bond motifs is 1. The molecule has 8 heteroatoms. The largest absolute Gasteiger partial charge is 0.433 e. The number of ether oxygens (including phenoxy) is 1. The van der Waals surface area contributed by atoms with E-state index in [0.717, 1.165) is 0 Å². The molecule has 2 atom stereocenters. The van der Waals surface area contributed by atoms with E-state index in [0.29, 0.717) is 15.6 Å². The van der Waals surface area contributed by atoms with Gasteiger partial charge in [0, 0.05) is 16.5 Å². The number of carbonyl (C=O) groups is 3. The zero-order chi connectivity index (χ0) is 19.1. The third-order valence-electron chi connectivity index (χ3n) is 4.67. The predicted molar refractivity (Wildman–Crippen MR) is 97.2 cm³/mol. The molecule has 27 heavy (non-hydrogen) atoms. The number of benzene rings is 2. The average Bonchev–Trinajstić information content (AvgIpc) is 3.18. The second-order valence-corrected chi connectivity index (χ2v) is 7.23. The molecule has 0 spiro atoms. The van der Waals surface area contributed by atoms with E-state index < -0.39 is 30.0 Å². The van der Waals surface area contributed by atoms with Gasteiger partial charge in [-0.15, -0.1) is 0 Å². The minimum absolute atomic E-state index is 0.0197. The van der Waals surface area contributed by atoms with Crippen LogP contribution < -0.4 is 5.32 Å². The Morgan fingerprint density at radius 3 is 2.78 bits per heavy atom. The lowest BCUT2D eigenvalue weighted by Crippen LogP contribution is -2.44. The molecule has 2 aromatic carbocycles. The van der Waals surface area contributed by atoms with E-state index in [1.54, 1.807) is 30.3 Å². The number of carbonyl (C=O) groups excluding carboxylic acids is 3. The number of halogens is 2. The number of hydrogen-bond acceptors (Lipinski definition) is 4. The van der Waals surface area contributed by atoms with Crippen molar-refractivity contribution in [2.75, 3.05) is 5.32 Å². The summed E-state index contributed by atoms with van der Waals surface area (Å²) in [7, 11) is 0. The minimum atomic E-state index is -0.950. The molecule has 4 rings (SSSR count). The summed E-state index contributed by atoms with van der Waals surface area (Å²) in [6, 6.07) is 10.2. The van der Waals surface area contributed by atoms with Crippen LogP contribution in [0.3, 0.4) is 0 Å². The number of cyclic esters (lactones) is 1. The lowest BCUT2D eigenvalue weighted by Gasteiger charge is -2.29. The van der Waals surface area contributed by atoms with Crippen molar-refractivity contribution >= 4 is 39.4 Å². The third-order valence-corrected chi connectivity index (χ3v) is 5.16. The van der Waals surface area contributed by atoms with Gasteiger partial charge in [0.05, 0.1) is 11.3 Å².